The molecule has 0 amide bonds. The predicted octanol–water partition coefficient (Wildman–Crippen LogP) is 3.49. The van der Waals surface area contributed by atoms with Crippen molar-refractivity contribution in [1.29, 1.82) is 0 Å². The van der Waals surface area contributed by atoms with Crippen LogP contribution in [0.4, 0.5) is 0 Å². The van der Waals surface area contributed by atoms with Crippen molar-refractivity contribution in [3.8, 4) is 11.1 Å². The first-order valence-corrected chi connectivity index (χ1v) is 16.6. The number of H-pyrrole nitrogens is 1. The second-order valence-electron chi connectivity index (χ2n) is 14.2. The maximum absolute atomic E-state index is 13.8. The standard InChI is InChI=1S/C36H43N3O4.C2H4O/c1-36(2,3)29-9-10-30-27(16-29)14-26-15-28(17-31(26)38-30)32(40)18-24(12-13-39-20-33(41)34(42)21-39)22-4-6-23(7-5-22)25-8-11-35(43)37-19-25;1-2-3/h4-8,11,14-15,19,24,29,33-34,41-42H,9-10,12-13,16-18,20-21H2,1-3H3,(H,37,43);2H,1H3/p+1/t24-,29-,33+,34+;/m0./s1. The summed E-state index contributed by atoms with van der Waals surface area (Å²) >= 11 is 0. The number of benzene rings is 1. The number of carbonyl (C=O) groups is 2. The molecule has 4 atom stereocenters. The summed E-state index contributed by atoms with van der Waals surface area (Å²) in [6.07, 6.45) is 8.15. The second kappa shape index (κ2) is 14.4. The Morgan fingerprint density at radius 3 is 2.37 bits per heavy atom. The summed E-state index contributed by atoms with van der Waals surface area (Å²) < 4.78 is 0. The minimum atomic E-state index is -0.689. The summed E-state index contributed by atoms with van der Waals surface area (Å²) in [6.45, 7) is 10.2. The van der Waals surface area contributed by atoms with Crippen LogP contribution >= 0.6 is 0 Å². The number of rotatable bonds is 8. The van der Waals surface area contributed by atoms with E-state index in [2.05, 4.69) is 50.0 Å². The Labute approximate surface area is 271 Å². The molecule has 0 unspecified atom stereocenters. The van der Waals surface area contributed by atoms with Crippen molar-refractivity contribution in [1.82, 2.24) is 9.97 Å². The van der Waals surface area contributed by atoms with E-state index in [0.717, 1.165) is 76.9 Å². The van der Waals surface area contributed by atoms with E-state index in [4.69, 9.17) is 9.78 Å². The maximum Gasteiger partial charge on any atom is 0.247 e. The summed E-state index contributed by atoms with van der Waals surface area (Å²) in [5, 5.41) is 20.1. The van der Waals surface area contributed by atoms with Crippen LogP contribution in [0.25, 0.3) is 17.2 Å². The normalized spacial score (nSPS) is 21.4. The van der Waals surface area contributed by atoms with Crippen LogP contribution in [0.5, 0.6) is 0 Å². The number of quaternary nitrogens is 1. The van der Waals surface area contributed by atoms with Crippen LogP contribution in [0.15, 0.2) is 59.0 Å². The monoisotopic (exact) mass is 626 g/mol. The number of nitrogens with zero attached hydrogens (tertiary/aromatic N) is 1. The number of aliphatic hydroxyl groups is 2. The van der Waals surface area contributed by atoms with Gasteiger partial charge in [-0.1, -0.05) is 45.0 Å². The zero-order valence-electron chi connectivity index (χ0n) is 27.5. The van der Waals surface area contributed by atoms with Gasteiger partial charge in [0.2, 0.25) is 5.56 Å². The summed E-state index contributed by atoms with van der Waals surface area (Å²) in [7, 11) is 0. The van der Waals surface area contributed by atoms with Gasteiger partial charge in [-0.15, -0.1) is 0 Å². The Morgan fingerprint density at radius 2 is 1.74 bits per heavy atom. The number of ketones is 1. The zero-order chi connectivity index (χ0) is 33.0. The lowest BCUT2D eigenvalue weighted by Gasteiger charge is -2.34. The number of aryl methyl sites for hydroxylation is 1. The number of Topliss-reactive ketones (excluding diaryl/α,β-unsaturated/α-hetero) is 1. The number of aldehydes is 1. The van der Waals surface area contributed by atoms with E-state index in [1.807, 2.05) is 18.2 Å². The molecule has 1 aromatic carbocycles. The van der Waals surface area contributed by atoms with Crippen LogP contribution in [0, 0.1) is 11.3 Å². The molecular formula is C38H48N3O5+. The zero-order valence-corrected chi connectivity index (χ0v) is 27.5. The predicted molar refractivity (Wildman–Crippen MR) is 180 cm³/mol. The molecule has 244 valence electrons. The number of allylic oxidation sites excluding steroid dienone is 1. The van der Waals surface area contributed by atoms with Crippen molar-refractivity contribution in [3.05, 3.63) is 92.7 Å². The third-order valence-electron chi connectivity index (χ3n) is 9.99. The van der Waals surface area contributed by atoms with E-state index in [1.54, 1.807) is 6.20 Å². The van der Waals surface area contributed by atoms with Gasteiger partial charge in [0.25, 0.3) is 0 Å². The number of aromatic nitrogens is 2. The fraction of sp³-hybridized carbons (Fsp3) is 0.474. The molecular weight excluding hydrogens is 578 g/mol. The second-order valence-corrected chi connectivity index (χ2v) is 14.2. The lowest BCUT2D eigenvalue weighted by molar-refractivity contribution is -0.890. The van der Waals surface area contributed by atoms with Crippen molar-refractivity contribution in [2.24, 2.45) is 11.3 Å². The molecule has 2 aliphatic carbocycles. The van der Waals surface area contributed by atoms with E-state index in [-0.39, 0.29) is 22.7 Å². The number of nitrogens with one attached hydrogen (secondary N) is 2. The molecule has 4 N–H and O–H groups in total. The first-order chi connectivity index (χ1) is 21.9. The van der Waals surface area contributed by atoms with Gasteiger partial charge in [0.15, 0.2) is 5.78 Å². The summed E-state index contributed by atoms with van der Waals surface area (Å²) in [6, 6.07) is 13.9. The number of carbonyl (C=O) groups excluding carboxylic acids is 2. The van der Waals surface area contributed by atoms with E-state index in [1.165, 1.54) is 24.2 Å². The smallest absolute Gasteiger partial charge is 0.247 e. The number of aromatic amines is 1. The Kier molecular flexibility index (Phi) is 10.5. The van der Waals surface area contributed by atoms with Gasteiger partial charge in [0, 0.05) is 42.8 Å². The van der Waals surface area contributed by atoms with E-state index >= 15 is 0 Å². The number of pyridine rings is 2. The number of likely N-dealkylation sites (tertiary alicyclic amines) is 1. The Bertz CT molecular complexity index is 1600. The highest BCUT2D eigenvalue weighted by Gasteiger charge is 2.34. The van der Waals surface area contributed by atoms with Crippen LogP contribution < -0.4 is 10.5 Å². The molecule has 3 aliphatic rings. The number of hydrogen-bond acceptors (Lipinski definition) is 6. The minimum Gasteiger partial charge on any atom is -0.384 e. The highest BCUT2D eigenvalue weighted by atomic mass is 16.3. The maximum atomic E-state index is 13.8. The fourth-order valence-electron chi connectivity index (χ4n) is 7.14. The van der Waals surface area contributed by atoms with Crippen LogP contribution in [0.3, 0.4) is 0 Å². The Morgan fingerprint density at radius 1 is 1.07 bits per heavy atom. The quantitative estimate of drug-likeness (QED) is 0.284. The van der Waals surface area contributed by atoms with E-state index in [9.17, 15) is 19.8 Å². The molecule has 3 heterocycles. The molecule has 8 heteroatoms. The first kappa shape index (κ1) is 33.6. The van der Waals surface area contributed by atoms with Gasteiger partial charge in [0.1, 0.15) is 31.6 Å². The summed E-state index contributed by atoms with van der Waals surface area (Å²) in [5.41, 5.74) is 8.68. The average molecular weight is 627 g/mol. The molecule has 0 spiro atoms. The van der Waals surface area contributed by atoms with Gasteiger partial charge in [-0.05, 0) is 89.5 Å². The van der Waals surface area contributed by atoms with Gasteiger partial charge in [-0.2, -0.15) is 0 Å². The van der Waals surface area contributed by atoms with E-state index < -0.39 is 12.2 Å². The minimum absolute atomic E-state index is 0.0119. The number of aliphatic hydroxyl groups excluding tert-OH is 2. The first-order valence-electron chi connectivity index (χ1n) is 16.6. The van der Waals surface area contributed by atoms with Crippen LogP contribution in [-0.2, 0) is 28.9 Å². The SMILES string of the molecule is CC(C)(C)[C@H]1CCc2nc3c(cc2C1)C=C(C(=O)C[C@H](CC[NH+]1C[C@@H](O)[C@H](O)C1)c1ccc(-c2ccc(=O)[nH]c2)cc1)C3.CC=O. The van der Waals surface area contributed by atoms with Gasteiger partial charge in [-0.25, -0.2) is 0 Å². The topological polar surface area (TPSA) is 125 Å². The molecule has 6 rings (SSSR count). The summed E-state index contributed by atoms with van der Waals surface area (Å²) in [4.78, 5) is 43.0. The molecule has 0 saturated carbocycles. The lowest BCUT2D eigenvalue weighted by Crippen LogP contribution is -3.10. The largest absolute Gasteiger partial charge is 0.384 e. The third-order valence-corrected chi connectivity index (χ3v) is 9.99. The van der Waals surface area contributed by atoms with Crippen molar-refractivity contribution < 1.29 is 24.7 Å². The van der Waals surface area contributed by atoms with Gasteiger partial charge >= 0.3 is 0 Å². The Balaban J connectivity index is 0.00000134. The van der Waals surface area contributed by atoms with Crippen molar-refractivity contribution in [2.75, 3.05) is 19.6 Å². The van der Waals surface area contributed by atoms with Gasteiger partial charge in [0.05, 0.1) is 12.2 Å². The van der Waals surface area contributed by atoms with Gasteiger partial charge in [-0.3, -0.25) is 14.6 Å². The van der Waals surface area contributed by atoms with Crippen LogP contribution in [0.1, 0.15) is 81.0 Å². The fourth-order valence-corrected chi connectivity index (χ4v) is 7.14. The van der Waals surface area contributed by atoms with Crippen LogP contribution in [-0.4, -0.2) is 64.1 Å². The molecule has 0 bridgehead atoms. The lowest BCUT2D eigenvalue weighted by atomic mass is 9.71. The summed E-state index contributed by atoms with van der Waals surface area (Å²) in [5.74, 6) is 0.815. The number of hydrogen-bond donors (Lipinski definition) is 4. The van der Waals surface area contributed by atoms with Gasteiger partial charge < -0.3 is 24.9 Å². The van der Waals surface area contributed by atoms with Crippen LogP contribution in [0.2, 0.25) is 0 Å². The van der Waals surface area contributed by atoms with E-state index in [0.29, 0.717) is 31.8 Å². The average Bonchev–Trinajstić information content (AvgIpc) is 3.59. The molecule has 2 aromatic heterocycles. The Hall–Kier alpha value is -3.72. The van der Waals surface area contributed by atoms with Crippen molar-refractivity contribution in [3.63, 3.8) is 0 Å². The molecule has 1 aliphatic heterocycles. The highest BCUT2D eigenvalue weighted by molar-refractivity contribution is 6.02. The molecule has 0 radical (unpaired) electrons. The van der Waals surface area contributed by atoms with Crippen molar-refractivity contribution >= 4 is 18.1 Å². The molecule has 3 aromatic rings. The number of fused-ring (bicyclic) bond motifs is 2. The molecule has 1 saturated heterocycles. The molecule has 1 fully saturated rings. The third kappa shape index (κ3) is 7.97. The molecule has 8 nitrogen and oxygen atoms in total. The highest BCUT2D eigenvalue weighted by Crippen LogP contribution is 2.39. The van der Waals surface area contributed by atoms with Crippen molar-refractivity contribution in [2.45, 2.75) is 84.3 Å². The molecule has 46 heavy (non-hydrogen) atoms.